The first-order valence-corrected chi connectivity index (χ1v) is 42.8. The highest BCUT2D eigenvalue weighted by molar-refractivity contribution is 7.55. The normalized spacial score (nSPS) is 26.2. The molecular formula is C72H90Cl3F3N15O24P3. The van der Waals surface area contributed by atoms with Gasteiger partial charge in [0.2, 0.25) is 17.8 Å². The van der Waals surface area contributed by atoms with Crippen LogP contribution in [-0.2, 0) is 70.1 Å². The van der Waals surface area contributed by atoms with Crippen molar-refractivity contribution >= 4 is 127 Å². The number of nitrogen functional groups attached to an aromatic ring is 3. The van der Waals surface area contributed by atoms with Gasteiger partial charge in [0.15, 0.2) is 52.2 Å². The summed E-state index contributed by atoms with van der Waals surface area (Å²) < 4.78 is 206. The smallest absolute Gasteiger partial charge is 0.380 e. The highest BCUT2D eigenvalue weighted by Gasteiger charge is 2.61. The number of nitrogens with zero attached hydrogens (tertiary/aromatic N) is 9. The third kappa shape index (κ3) is 21.5. The molecular weight excluding hydrogens is 1720 g/mol. The number of aliphatic hydroxyl groups excluding tert-OH is 3. The predicted molar refractivity (Wildman–Crippen MR) is 429 cm³/mol. The molecule has 3 saturated heterocycles. The largest absolute Gasteiger partial charge is 0.463 e. The number of halogens is 6. The molecule has 0 amide bonds. The van der Waals surface area contributed by atoms with Crippen molar-refractivity contribution in [3.05, 3.63) is 141 Å². The van der Waals surface area contributed by atoms with E-state index in [2.05, 4.69) is 44.9 Å². The van der Waals surface area contributed by atoms with E-state index in [0.29, 0.717) is 0 Å². The number of fused-ring (bicyclic) bond motifs is 3. The molecule has 120 heavy (non-hydrogen) atoms. The molecule has 0 aliphatic carbocycles. The fourth-order valence-corrected chi connectivity index (χ4v) is 17.9. The summed E-state index contributed by atoms with van der Waals surface area (Å²) in [4.78, 5) is 97.6. The molecule has 6 aromatic heterocycles. The van der Waals surface area contributed by atoms with Crippen LogP contribution in [0.3, 0.4) is 0 Å². The summed E-state index contributed by atoms with van der Waals surface area (Å²) in [5, 5.41) is 33.2. The number of benzene rings is 3. The molecule has 3 aliphatic rings. The minimum atomic E-state index is -4.57. The Morgan fingerprint density at radius 3 is 0.917 bits per heavy atom. The van der Waals surface area contributed by atoms with Crippen LogP contribution in [0, 0.1) is 17.8 Å². The minimum absolute atomic E-state index is 0.0426. The number of imidazole rings is 3. The number of anilines is 3. The van der Waals surface area contributed by atoms with Gasteiger partial charge in [-0.2, -0.15) is 15.0 Å². The SMILES string of the molecule is [2H]C([2H])(OP(=O)(C[C@@H](C)C(=O)OC(C)C)Oc1ccccc1)[C@H]1O[C@@H](n2cnc3c(=O)[nH]c(N)nc32)C(Cl)(CF)[C@H]1O.[2H]C([2H])(O[P@@](=O)(C[C@@H](C)C(=O)OC(C)C)Oc1ccccc1)[C@H]1O[C@@H](n2cnc3c(=O)[nH]c(N)nc32)C(Cl)(CF)[C@H]1O.[2H]C([2H])(O[P@](=O)(C[C@@H](C)C(=O)OC(C)C)Oc1ccccc1)[C@H]1O[C@@H](n2cnc3c(=O)[nH]c(N)nc32)C(Cl)(CF)[C@H]1O. The van der Waals surface area contributed by atoms with Crippen molar-refractivity contribution in [2.75, 3.05) is 75.4 Å². The van der Waals surface area contributed by atoms with Gasteiger partial charge in [-0.25, -0.2) is 41.8 Å². The molecule has 0 bridgehead atoms. The molecule has 3 fully saturated rings. The van der Waals surface area contributed by atoms with E-state index in [-0.39, 0.29) is 68.6 Å². The van der Waals surface area contributed by atoms with Gasteiger partial charge in [-0.15, -0.1) is 34.8 Å². The van der Waals surface area contributed by atoms with Crippen molar-refractivity contribution < 1.29 is 120 Å². The molecule has 9 aromatic rings. The van der Waals surface area contributed by atoms with Crippen LogP contribution in [-0.4, -0.2) is 220 Å². The molecule has 39 nitrogen and oxygen atoms in total. The molecule has 0 saturated carbocycles. The van der Waals surface area contributed by atoms with Gasteiger partial charge in [-0.1, -0.05) is 75.4 Å². The number of nitrogens with one attached hydrogen (secondary N) is 3. The average molecular weight is 1810 g/mol. The second-order valence-corrected chi connectivity index (χ2v) is 36.4. The number of hydrogen-bond donors (Lipinski definition) is 9. The monoisotopic (exact) mass is 1810 g/mol. The van der Waals surface area contributed by atoms with Crippen LogP contribution in [0.1, 0.15) is 89.2 Å². The van der Waals surface area contributed by atoms with Gasteiger partial charge in [0.05, 0.1) is 101 Å². The molecule has 4 unspecified atom stereocenters. The van der Waals surface area contributed by atoms with Crippen molar-refractivity contribution in [3.63, 3.8) is 0 Å². The second-order valence-electron chi connectivity index (χ2n) is 28.4. The van der Waals surface area contributed by atoms with E-state index in [1.165, 1.54) is 57.2 Å². The summed E-state index contributed by atoms with van der Waals surface area (Å²) in [5.41, 5.74) is 13.6. The lowest BCUT2D eigenvalue weighted by molar-refractivity contribution is -0.152. The fourth-order valence-electron chi connectivity index (χ4n) is 12.0. The van der Waals surface area contributed by atoms with Gasteiger partial charge < -0.3 is 74.5 Å². The number of aliphatic hydroxyl groups is 3. The van der Waals surface area contributed by atoms with Crippen molar-refractivity contribution in [2.24, 2.45) is 17.8 Å². The number of rotatable bonds is 33. The maximum atomic E-state index is 14.5. The summed E-state index contributed by atoms with van der Waals surface area (Å²) in [7, 11) is -13.7. The van der Waals surface area contributed by atoms with E-state index >= 15 is 0 Å². The lowest BCUT2D eigenvalue weighted by Gasteiger charge is -2.27. The van der Waals surface area contributed by atoms with E-state index in [4.69, 9.17) is 116 Å². The number of esters is 3. The van der Waals surface area contributed by atoms with E-state index in [9.17, 15) is 71.0 Å². The molecule has 18 atom stereocenters. The Hall–Kier alpha value is -9.09. The maximum absolute atomic E-state index is 14.5. The highest BCUT2D eigenvalue weighted by atomic mass is 35.5. The number of para-hydroxylation sites is 3. The number of carbonyl (C=O) groups is 3. The van der Waals surface area contributed by atoms with E-state index in [1.807, 2.05) is 0 Å². The lowest BCUT2D eigenvalue weighted by Crippen LogP contribution is -2.44. The summed E-state index contributed by atoms with van der Waals surface area (Å²) >= 11 is 19.5. The van der Waals surface area contributed by atoms with E-state index in [1.54, 1.807) is 96.1 Å². The zero-order valence-electron chi connectivity index (χ0n) is 71.1. The van der Waals surface area contributed by atoms with Crippen LogP contribution in [0.15, 0.2) is 124 Å². The number of carbonyl (C=O) groups excluding carboxylic acids is 3. The lowest BCUT2D eigenvalue weighted by atomic mass is 10.0. The average Bonchev–Trinajstić information content (AvgIpc) is 1.58. The van der Waals surface area contributed by atoms with Gasteiger partial charge in [0.1, 0.15) is 88.5 Å². The van der Waals surface area contributed by atoms with Crippen LogP contribution in [0.25, 0.3) is 33.5 Å². The van der Waals surface area contributed by atoms with Crippen molar-refractivity contribution in [3.8, 4) is 17.2 Å². The number of H-pyrrole nitrogens is 3. The third-order valence-corrected chi connectivity index (χ3v) is 24.9. The van der Waals surface area contributed by atoms with E-state index < -0.39 is 222 Å². The molecule has 12 N–H and O–H groups in total. The predicted octanol–water partition coefficient (Wildman–Crippen LogP) is 8.35. The number of aromatic amines is 3. The first-order chi connectivity index (χ1) is 58.8. The number of nitrogens with two attached hydrogens (primary N) is 3. The number of alkyl halides is 6. The molecule has 12 rings (SSSR count). The Morgan fingerprint density at radius 2 is 0.700 bits per heavy atom. The minimum Gasteiger partial charge on any atom is -0.463 e. The highest BCUT2D eigenvalue weighted by Crippen LogP contribution is 2.56. The topological polar surface area (TPSA) is 543 Å². The Balaban J connectivity index is 0.000000197. The Morgan fingerprint density at radius 1 is 0.467 bits per heavy atom. The first kappa shape index (κ1) is 84.5. The molecule has 0 spiro atoms. The number of hydrogen-bond acceptors (Lipinski definition) is 33. The maximum Gasteiger partial charge on any atom is 0.380 e. The van der Waals surface area contributed by atoms with Gasteiger partial charge >= 0.3 is 40.7 Å². The third-order valence-electron chi connectivity index (χ3n) is 17.8. The zero-order valence-corrected chi connectivity index (χ0v) is 70.0. The number of ether oxygens (including phenoxy) is 6. The first-order valence-electron chi connectivity index (χ1n) is 39.5. The molecule has 3 aliphatic heterocycles. The van der Waals surface area contributed by atoms with Crippen LogP contribution in [0.5, 0.6) is 17.2 Å². The van der Waals surface area contributed by atoms with Crippen molar-refractivity contribution in [1.82, 2.24) is 58.6 Å². The Bertz CT molecular complexity index is 5180. The van der Waals surface area contributed by atoms with Crippen molar-refractivity contribution in [1.29, 1.82) is 0 Å². The van der Waals surface area contributed by atoms with Gasteiger partial charge in [0.25, 0.3) is 16.7 Å². The summed E-state index contributed by atoms with van der Waals surface area (Å²) in [6.07, 6.45) is -17.7. The molecule has 0 radical (unpaired) electrons. The Kier molecular flexibility index (Phi) is 27.4. The molecule has 48 heteroatoms. The van der Waals surface area contributed by atoms with Crippen LogP contribution in [0.2, 0.25) is 0 Å². The molecule has 9 heterocycles. The summed E-state index contributed by atoms with van der Waals surface area (Å²) in [6, 6.07) is 23.1. The van der Waals surface area contributed by atoms with Crippen molar-refractivity contribution in [2.45, 2.75) is 151 Å². The standard InChI is InChI=1S/3C24H30ClFN5O8P/c3*1-13(2)37-21(34)14(3)10-40(35,39-15-7-5-4-6-8-15)36-9-16-18(32)24(25,11-26)22(38-16)31-12-28-17-19(31)29-23(27)30-20(17)33/h3*4-8,12-14,16,18,22,32H,9-11H2,1-3H3,(H3,27,29,30,33)/t14-,16-,18+,22-,24?,40?;14-,16-,18+,22-,24?,40+;14-,16-,18+,22-,24?,40-/m111/s1/i3*9D2. The van der Waals surface area contributed by atoms with Gasteiger partial charge in [0, 0.05) is 0 Å². The second kappa shape index (κ2) is 39.0. The number of aromatic nitrogens is 12. The van der Waals surface area contributed by atoms with Crippen LogP contribution in [0.4, 0.5) is 31.0 Å². The Labute approximate surface area is 704 Å². The fraction of sp³-hybridized carbons (Fsp3) is 0.500. The quantitative estimate of drug-likeness (QED) is 0.00807. The van der Waals surface area contributed by atoms with E-state index in [0.717, 1.165) is 32.7 Å². The summed E-state index contributed by atoms with van der Waals surface area (Å²) in [6.45, 7) is 0.208. The van der Waals surface area contributed by atoms with Crippen LogP contribution < -0.4 is 47.5 Å². The summed E-state index contributed by atoms with van der Waals surface area (Å²) in [5.74, 6) is -6.15. The van der Waals surface area contributed by atoms with Gasteiger partial charge in [-0.05, 0) is 77.9 Å². The van der Waals surface area contributed by atoms with Gasteiger partial charge in [-0.3, -0.25) is 71.0 Å². The van der Waals surface area contributed by atoms with Crippen LogP contribution >= 0.6 is 57.6 Å². The molecule has 654 valence electrons. The molecule has 3 aromatic carbocycles. The zero-order chi connectivity index (χ0) is 93.1.